The van der Waals surface area contributed by atoms with Crippen molar-refractivity contribution in [2.75, 3.05) is 27.6 Å². The molecule has 6 nitrogen and oxygen atoms in total. The van der Waals surface area contributed by atoms with Gasteiger partial charge in [0.25, 0.3) is 0 Å². The Bertz CT molecular complexity index is 561. The Morgan fingerprint density at radius 1 is 1.11 bits per heavy atom. The third kappa shape index (κ3) is 2.73. The van der Waals surface area contributed by atoms with Crippen molar-refractivity contribution in [3.8, 4) is 11.5 Å². The Labute approximate surface area is 105 Å². The molecule has 100 valence electrons. The van der Waals surface area contributed by atoms with Crippen LogP contribution in [0.1, 0.15) is 10.4 Å². The monoisotopic (exact) mass is 274 g/mol. The van der Waals surface area contributed by atoms with Crippen LogP contribution in [0.5, 0.6) is 11.5 Å². The number of sulfone groups is 1. The van der Waals surface area contributed by atoms with Crippen LogP contribution in [0.25, 0.3) is 0 Å². The van der Waals surface area contributed by atoms with E-state index in [2.05, 4.69) is 4.74 Å². The first-order valence-corrected chi connectivity index (χ1v) is 6.78. The Morgan fingerprint density at radius 3 is 2.11 bits per heavy atom. The number of carbonyl (C=O) groups is 1. The number of carbonyl (C=O) groups excluding carboxylic acids is 1. The predicted octanol–water partition coefficient (Wildman–Crippen LogP) is 0.894. The van der Waals surface area contributed by atoms with Gasteiger partial charge in [0.1, 0.15) is 4.90 Å². The van der Waals surface area contributed by atoms with Gasteiger partial charge in [0.15, 0.2) is 21.3 Å². The SMILES string of the molecule is COC(=O)c1cc(OC)c(OC)c(S(C)(=O)=O)c1. The summed E-state index contributed by atoms with van der Waals surface area (Å²) in [5.74, 6) is -0.436. The maximum atomic E-state index is 11.7. The van der Waals surface area contributed by atoms with Crippen molar-refractivity contribution in [2.24, 2.45) is 0 Å². The number of benzene rings is 1. The number of hydrogen-bond acceptors (Lipinski definition) is 6. The van der Waals surface area contributed by atoms with Gasteiger partial charge < -0.3 is 14.2 Å². The molecule has 0 aliphatic carbocycles. The van der Waals surface area contributed by atoms with Gasteiger partial charge in [-0.2, -0.15) is 0 Å². The topological polar surface area (TPSA) is 78.9 Å². The number of ether oxygens (including phenoxy) is 3. The molecule has 0 radical (unpaired) electrons. The van der Waals surface area contributed by atoms with Gasteiger partial charge in [-0.3, -0.25) is 0 Å². The Hall–Kier alpha value is -1.76. The summed E-state index contributed by atoms with van der Waals surface area (Å²) in [5, 5.41) is 0. The highest BCUT2D eigenvalue weighted by molar-refractivity contribution is 7.90. The van der Waals surface area contributed by atoms with Crippen molar-refractivity contribution < 1.29 is 27.4 Å². The third-order valence-corrected chi connectivity index (χ3v) is 3.37. The van der Waals surface area contributed by atoms with E-state index >= 15 is 0 Å². The lowest BCUT2D eigenvalue weighted by Gasteiger charge is -2.13. The van der Waals surface area contributed by atoms with Crippen LogP contribution >= 0.6 is 0 Å². The van der Waals surface area contributed by atoms with Crippen LogP contribution in [0, 0.1) is 0 Å². The molecule has 1 aromatic rings. The Morgan fingerprint density at radius 2 is 1.72 bits per heavy atom. The van der Waals surface area contributed by atoms with E-state index in [4.69, 9.17) is 9.47 Å². The molecule has 0 fully saturated rings. The van der Waals surface area contributed by atoms with Gasteiger partial charge in [-0.15, -0.1) is 0 Å². The molecule has 18 heavy (non-hydrogen) atoms. The summed E-state index contributed by atoms with van der Waals surface area (Å²) >= 11 is 0. The first kappa shape index (κ1) is 14.3. The Balaban J connectivity index is 3.61. The Kier molecular flexibility index (Phi) is 4.18. The number of rotatable bonds is 4. The molecular weight excluding hydrogens is 260 g/mol. The minimum absolute atomic E-state index is 0.0626. The predicted molar refractivity (Wildman–Crippen MR) is 64.0 cm³/mol. The van der Waals surface area contributed by atoms with Crippen molar-refractivity contribution in [1.29, 1.82) is 0 Å². The van der Waals surface area contributed by atoms with E-state index in [0.717, 1.165) is 6.26 Å². The maximum Gasteiger partial charge on any atom is 0.338 e. The summed E-state index contributed by atoms with van der Waals surface area (Å²) in [6.45, 7) is 0. The minimum Gasteiger partial charge on any atom is -0.493 e. The standard InChI is InChI=1S/C11H14O6S/c1-15-8-5-7(11(12)17-3)6-9(10(8)16-2)18(4,13)14/h5-6H,1-4H3. The normalized spacial score (nSPS) is 10.9. The summed E-state index contributed by atoms with van der Waals surface area (Å²) in [5.41, 5.74) is 0.0792. The molecule has 0 amide bonds. The second kappa shape index (κ2) is 5.26. The van der Waals surface area contributed by atoms with Gasteiger partial charge in [0.2, 0.25) is 0 Å². The summed E-state index contributed by atoms with van der Waals surface area (Å²) in [4.78, 5) is 11.3. The number of methoxy groups -OCH3 is 3. The summed E-state index contributed by atoms with van der Waals surface area (Å²) in [7, 11) is 0.328. The van der Waals surface area contributed by atoms with E-state index in [1.54, 1.807) is 0 Å². The van der Waals surface area contributed by atoms with Gasteiger partial charge in [0, 0.05) is 6.26 Å². The van der Waals surface area contributed by atoms with E-state index in [-0.39, 0.29) is 22.0 Å². The lowest BCUT2D eigenvalue weighted by molar-refractivity contribution is 0.0600. The van der Waals surface area contributed by atoms with E-state index in [1.165, 1.54) is 33.5 Å². The molecule has 0 N–H and O–H groups in total. The van der Waals surface area contributed by atoms with Crippen LogP contribution in [0.2, 0.25) is 0 Å². The van der Waals surface area contributed by atoms with Gasteiger partial charge in [-0.1, -0.05) is 0 Å². The molecule has 7 heteroatoms. The fourth-order valence-electron chi connectivity index (χ4n) is 1.44. The highest BCUT2D eigenvalue weighted by atomic mass is 32.2. The molecule has 1 aromatic carbocycles. The summed E-state index contributed by atoms with van der Waals surface area (Å²) in [6.07, 6.45) is 1.02. The van der Waals surface area contributed by atoms with Crippen molar-refractivity contribution >= 4 is 15.8 Å². The quantitative estimate of drug-likeness (QED) is 0.759. The van der Waals surface area contributed by atoms with Crippen LogP contribution in [0.4, 0.5) is 0 Å². The number of esters is 1. The van der Waals surface area contributed by atoms with Crippen LogP contribution in [-0.4, -0.2) is 42.0 Å². The zero-order valence-corrected chi connectivity index (χ0v) is 11.3. The third-order valence-electron chi connectivity index (χ3n) is 2.27. The maximum absolute atomic E-state index is 11.7. The van der Waals surface area contributed by atoms with Gasteiger partial charge in [-0.05, 0) is 12.1 Å². The minimum atomic E-state index is -3.56. The average molecular weight is 274 g/mol. The van der Waals surface area contributed by atoms with Crippen LogP contribution < -0.4 is 9.47 Å². The fraction of sp³-hybridized carbons (Fsp3) is 0.364. The highest BCUT2D eigenvalue weighted by Gasteiger charge is 2.22. The second-order valence-electron chi connectivity index (χ2n) is 3.47. The molecule has 0 saturated heterocycles. The van der Waals surface area contributed by atoms with E-state index in [1.807, 2.05) is 0 Å². The average Bonchev–Trinajstić information content (AvgIpc) is 2.34. The number of hydrogen-bond donors (Lipinski definition) is 0. The summed E-state index contributed by atoms with van der Waals surface area (Å²) < 4.78 is 37.9. The molecule has 0 atom stereocenters. The molecule has 0 aromatic heterocycles. The van der Waals surface area contributed by atoms with Crippen molar-refractivity contribution in [1.82, 2.24) is 0 Å². The van der Waals surface area contributed by atoms with Gasteiger partial charge >= 0.3 is 5.97 Å². The molecule has 0 aliphatic heterocycles. The molecule has 0 saturated carbocycles. The van der Waals surface area contributed by atoms with Crippen molar-refractivity contribution in [3.63, 3.8) is 0 Å². The molecule has 0 spiro atoms. The smallest absolute Gasteiger partial charge is 0.338 e. The molecule has 0 bridgehead atoms. The first-order chi connectivity index (χ1) is 8.35. The largest absolute Gasteiger partial charge is 0.493 e. The lowest BCUT2D eigenvalue weighted by atomic mass is 10.2. The van der Waals surface area contributed by atoms with E-state index in [9.17, 15) is 13.2 Å². The zero-order chi connectivity index (χ0) is 13.9. The van der Waals surface area contributed by atoms with Crippen LogP contribution in [0.15, 0.2) is 17.0 Å². The zero-order valence-electron chi connectivity index (χ0n) is 10.5. The van der Waals surface area contributed by atoms with Crippen LogP contribution in [0.3, 0.4) is 0 Å². The van der Waals surface area contributed by atoms with Crippen molar-refractivity contribution in [2.45, 2.75) is 4.90 Å². The van der Waals surface area contributed by atoms with Crippen LogP contribution in [-0.2, 0) is 14.6 Å². The molecule has 1 rings (SSSR count). The van der Waals surface area contributed by atoms with E-state index < -0.39 is 15.8 Å². The molecule has 0 heterocycles. The van der Waals surface area contributed by atoms with E-state index in [0.29, 0.717) is 0 Å². The molecule has 0 aliphatic rings. The van der Waals surface area contributed by atoms with Gasteiger partial charge in [0.05, 0.1) is 26.9 Å². The lowest BCUT2D eigenvalue weighted by Crippen LogP contribution is -2.08. The molecule has 0 unspecified atom stereocenters. The van der Waals surface area contributed by atoms with Gasteiger partial charge in [-0.25, -0.2) is 13.2 Å². The highest BCUT2D eigenvalue weighted by Crippen LogP contribution is 2.35. The second-order valence-corrected chi connectivity index (χ2v) is 5.46. The fourth-order valence-corrected chi connectivity index (χ4v) is 2.30. The molecular formula is C11H14O6S. The summed E-state index contributed by atoms with van der Waals surface area (Å²) in [6, 6.07) is 2.56. The van der Waals surface area contributed by atoms with Crippen molar-refractivity contribution in [3.05, 3.63) is 17.7 Å². The first-order valence-electron chi connectivity index (χ1n) is 4.89.